The van der Waals surface area contributed by atoms with Gasteiger partial charge in [0.2, 0.25) is 0 Å². The largest absolute Gasteiger partial charge is 0.292 e. The van der Waals surface area contributed by atoms with Gasteiger partial charge >= 0.3 is 0 Å². The first-order valence-corrected chi connectivity index (χ1v) is 4.92. The molecule has 0 aromatic rings. The molecule has 13 heavy (non-hydrogen) atoms. The van der Waals surface area contributed by atoms with Crippen LogP contribution in [-0.2, 0) is 0 Å². The number of allylic oxidation sites excluding steroid dienone is 2. The van der Waals surface area contributed by atoms with E-state index in [0.29, 0.717) is 0 Å². The third-order valence-electron chi connectivity index (χ3n) is 1.68. The van der Waals surface area contributed by atoms with Gasteiger partial charge in [-0.2, -0.15) is 5.10 Å². The molecule has 0 aromatic carbocycles. The van der Waals surface area contributed by atoms with E-state index >= 15 is 0 Å². The van der Waals surface area contributed by atoms with Crippen LogP contribution < -0.4 is 5.43 Å². The van der Waals surface area contributed by atoms with Gasteiger partial charge in [0.25, 0.3) is 0 Å². The monoisotopic (exact) mass is 194 g/mol. The van der Waals surface area contributed by atoms with E-state index in [1.54, 1.807) is 24.2 Å². The van der Waals surface area contributed by atoms with Crippen LogP contribution in [0.1, 0.15) is 6.92 Å². The quantitative estimate of drug-likeness (QED) is 0.626. The number of hydrogen-bond donors (Lipinski definition) is 1. The molecule has 2 unspecified atom stereocenters. The van der Waals surface area contributed by atoms with E-state index in [1.807, 2.05) is 19.1 Å². The number of fused-ring (bicyclic) bond motifs is 1. The molecular formula is C8H10N4S. The van der Waals surface area contributed by atoms with Crippen molar-refractivity contribution in [2.75, 3.05) is 0 Å². The average Bonchev–Trinajstić information content (AvgIpc) is 2.46. The van der Waals surface area contributed by atoms with Gasteiger partial charge in [0.15, 0.2) is 6.17 Å². The Morgan fingerprint density at radius 1 is 1.38 bits per heavy atom. The summed E-state index contributed by atoms with van der Waals surface area (Å²) >= 11 is 1.66. The van der Waals surface area contributed by atoms with Gasteiger partial charge < -0.3 is 0 Å². The zero-order chi connectivity index (χ0) is 9.10. The number of nitrogens with zero attached hydrogens (tertiary/aromatic N) is 3. The summed E-state index contributed by atoms with van der Waals surface area (Å²) in [5.41, 5.74) is 3.01. The second-order valence-corrected chi connectivity index (χ2v) is 4.02. The summed E-state index contributed by atoms with van der Waals surface area (Å²) in [6.07, 6.45) is 7.12. The van der Waals surface area contributed by atoms with Crippen molar-refractivity contribution in [3.8, 4) is 0 Å². The minimum Gasteiger partial charge on any atom is -0.292 e. The molecule has 2 atom stereocenters. The van der Waals surface area contributed by atoms with Gasteiger partial charge in [0, 0.05) is 12.4 Å². The molecule has 0 aromatic heterocycles. The summed E-state index contributed by atoms with van der Waals surface area (Å²) in [4.78, 5) is 8.66. The summed E-state index contributed by atoms with van der Waals surface area (Å²) in [6, 6.07) is 0. The third-order valence-corrected chi connectivity index (χ3v) is 2.73. The van der Waals surface area contributed by atoms with E-state index in [0.717, 1.165) is 5.04 Å². The molecule has 4 nitrogen and oxygen atoms in total. The van der Waals surface area contributed by atoms with Gasteiger partial charge in [0.05, 0.1) is 5.04 Å². The fourth-order valence-corrected chi connectivity index (χ4v) is 2.03. The van der Waals surface area contributed by atoms with Crippen LogP contribution in [-0.4, -0.2) is 29.0 Å². The lowest BCUT2D eigenvalue weighted by Gasteiger charge is -2.11. The van der Waals surface area contributed by atoms with Gasteiger partial charge in [-0.1, -0.05) is 11.8 Å². The Labute approximate surface area is 80.9 Å². The summed E-state index contributed by atoms with van der Waals surface area (Å²) in [5, 5.41) is 5.23. The van der Waals surface area contributed by atoms with E-state index in [2.05, 4.69) is 20.5 Å². The van der Waals surface area contributed by atoms with E-state index in [-0.39, 0.29) is 11.5 Å². The maximum Gasteiger partial charge on any atom is 0.171 e. The second kappa shape index (κ2) is 3.74. The molecule has 0 spiro atoms. The van der Waals surface area contributed by atoms with Crippen LogP contribution in [0.25, 0.3) is 0 Å². The van der Waals surface area contributed by atoms with E-state index in [4.69, 9.17) is 0 Å². The maximum atomic E-state index is 4.37. The topological polar surface area (TPSA) is 49.1 Å². The van der Waals surface area contributed by atoms with E-state index in [1.165, 1.54) is 0 Å². The molecule has 0 bridgehead atoms. The highest BCUT2D eigenvalue weighted by Gasteiger charge is 2.26. The molecule has 0 aliphatic carbocycles. The normalized spacial score (nSPS) is 31.3. The highest BCUT2D eigenvalue weighted by Crippen LogP contribution is 2.25. The van der Waals surface area contributed by atoms with Crippen LogP contribution >= 0.6 is 11.8 Å². The summed E-state index contributed by atoms with van der Waals surface area (Å²) in [6.45, 7) is 1.99. The molecule has 5 heteroatoms. The molecule has 2 rings (SSSR count). The predicted octanol–water partition coefficient (Wildman–Crippen LogP) is 1.02. The predicted molar refractivity (Wildman–Crippen MR) is 57.5 cm³/mol. The Bertz CT molecular complexity index is 305. The van der Waals surface area contributed by atoms with Crippen molar-refractivity contribution in [1.29, 1.82) is 0 Å². The Morgan fingerprint density at radius 2 is 2.23 bits per heavy atom. The van der Waals surface area contributed by atoms with E-state index in [9.17, 15) is 0 Å². The van der Waals surface area contributed by atoms with Crippen molar-refractivity contribution in [3.05, 3.63) is 12.2 Å². The Kier molecular flexibility index (Phi) is 2.44. The van der Waals surface area contributed by atoms with Gasteiger partial charge in [-0.15, -0.1) is 0 Å². The standard InChI is InChI=1S/C8H10N4S/c1-6-11-7-8(13-6)12-10-5-3-2-4-9-7/h2-5,7-8,12H,1H3. The van der Waals surface area contributed by atoms with Crippen molar-refractivity contribution >= 4 is 29.2 Å². The minimum atomic E-state index is -0.0371. The number of hydrogen-bond acceptors (Lipinski definition) is 5. The van der Waals surface area contributed by atoms with Gasteiger partial charge in [-0.05, 0) is 19.1 Å². The Balaban J connectivity index is 2.18. The van der Waals surface area contributed by atoms with Crippen LogP contribution in [0.4, 0.5) is 0 Å². The number of hydrazone groups is 1. The van der Waals surface area contributed by atoms with Crippen molar-refractivity contribution in [3.63, 3.8) is 0 Å². The van der Waals surface area contributed by atoms with Crippen molar-refractivity contribution in [1.82, 2.24) is 5.43 Å². The van der Waals surface area contributed by atoms with E-state index < -0.39 is 0 Å². The number of aliphatic imine (C=N–C) groups is 2. The fraction of sp³-hybridized carbons (Fsp3) is 0.375. The SMILES string of the molecule is CC1=NC2N=CC=CC=NNC2S1. The lowest BCUT2D eigenvalue weighted by molar-refractivity contribution is 0.590. The summed E-state index contributed by atoms with van der Waals surface area (Å²) in [5.74, 6) is 0. The number of nitrogens with one attached hydrogen (secondary N) is 1. The molecule has 2 heterocycles. The van der Waals surface area contributed by atoms with Crippen LogP contribution in [0.5, 0.6) is 0 Å². The lowest BCUT2D eigenvalue weighted by Crippen LogP contribution is -2.28. The number of thioether (sulfide) groups is 1. The zero-order valence-corrected chi connectivity index (χ0v) is 8.03. The molecular weight excluding hydrogens is 184 g/mol. The highest BCUT2D eigenvalue weighted by atomic mass is 32.2. The highest BCUT2D eigenvalue weighted by molar-refractivity contribution is 8.14. The number of rotatable bonds is 0. The van der Waals surface area contributed by atoms with Gasteiger partial charge in [0.1, 0.15) is 5.37 Å². The average molecular weight is 194 g/mol. The smallest absolute Gasteiger partial charge is 0.171 e. The summed E-state index contributed by atoms with van der Waals surface area (Å²) in [7, 11) is 0. The molecule has 0 saturated heterocycles. The molecule has 0 radical (unpaired) electrons. The van der Waals surface area contributed by atoms with Crippen LogP contribution in [0.15, 0.2) is 27.2 Å². The molecule has 2 aliphatic rings. The van der Waals surface area contributed by atoms with Crippen molar-refractivity contribution < 1.29 is 0 Å². The first kappa shape index (κ1) is 8.50. The molecule has 0 fully saturated rings. The van der Waals surface area contributed by atoms with Gasteiger partial charge in [-0.25, -0.2) is 0 Å². The Hall–Kier alpha value is -1.10. The second-order valence-electron chi connectivity index (χ2n) is 2.69. The van der Waals surface area contributed by atoms with Crippen LogP contribution in [0, 0.1) is 0 Å². The van der Waals surface area contributed by atoms with Crippen LogP contribution in [0.3, 0.4) is 0 Å². The third kappa shape index (κ3) is 1.98. The summed E-state index contributed by atoms with van der Waals surface area (Å²) < 4.78 is 0. The molecule has 68 valence electrons. The molecule has 1 N–H and O–H groups in total. The fourth-order valence-electron chi connectivity index (χ4n) is 1.13. The van der Waals surface area contributed by atoms with Crippen LogP contribution in [0.2, 0.25) is 0 Å². The zero-order valence-electron chi connectivity index (χ0n) is 7.21. The molecule has 0 amide bonds. The van der Waals surface area contributed by atoms with Crippen molar-refractivity contribution in [2.24, 2.45) is 15.1 Å². The Morgan fingerprint density at radius 3 is 3.15 bits per heavy atom. The first-order chi connectivity index (χ1) is 6.36. The lowest BCUT2D eigenvalue weighted by atomic mass is 10.5. The maximum absolute atomic E-state index is 4.37. The molecule has 2 aliphatic heterocycles. The first-order valence-electron chi connectivity index (χ1n) is 4.04. The minimum absolute atomic E-state index is 0.0371. The molecule has 0 saturated carbocycles. The van der Waals surface area contributed by atoms with Crippen molar-refractivity contribution in [2.45, 2.75) is 18.5 Å². The van der Waals surface area contributed by atoms with Gasteiger partial charge in [-0.3, -0.25) is 15.4 Å².